The summed E-state index contributed by atoms with van der Waals surface area (Å²) in [5.74, 6) is 1.34. The summed E-state index contributed by atoms with van der Waals surface area (Å²) in [5, 5.41) is 0. The maximum atomic E-state index is 6.27. The van der Waals surface area contributed by atoms with Gasteiger partial charge in [-0.3, -0.25) is 0 Å². The Labute approximate surface area is 106 Å². The molecule has 0 spiro atoms. The lowest BCUT2D eigenvalue weighted by molar-refractivity contribution is 0.382. The van der Waals surface area contributed by atoms with Crippen molar-refractivity contribution in [3.8, 4) is 5.75 Å². The van der Waals surface area contributed by atoms with Gasteiger partial charge in [-0.1, -0.05) is 36.2 Å². The van der Waals surface area contributed by atoms with Crippen molar-refractivity contribution in [1.29, 1.82) is 0 Å². The zero-order valence-electron chi connectivity index (χ0n) is 10.2. The van der Waals surface area contributed by atoms with Crippen molar-refractivity contribution in [2.75, 3.05) is 7.11 Å². The monoisotopic (exact) mass is 285 g/mol. The summed E-state index contributed by atoms with van der Waals surface area (Å²) in [6.07, 6.45) is 2.29. The number of halogens is 1. The number of rotatable bonds is 5. The minimum absolute atomic E-state index is 0.0346. The van der Waals surface area contributed by atoms with E-state index in [1.54, 1.807) is 7.11 Å². The molecule has 2 atom stereocenters. The topological polar surface area (TPSA) is 35.2 Å². The SMILES string of the molecule is CCCC(C)C(N)c1cc(Br)ccc1OC. The maximum absolute atomic E-state index is 6.27. The molecule has 1 aromatic carbocycles. The van der Waals surface area contributed by atoms with Crippen LogP contribution in [-0.2, 0) is 0 Å². The highest BCUT2D eigenvalue weighted by Gasteiger charge is 2.18. The third-order valence-corrected chi connectivity index (χ3v) is 3.40. The summed E-state index contributed by atoms with van der Waals surface area (Å²) in [6.45, 7) is 4.37. The van der Waals surface area contributed by atoms with Crippen molar-refractivity contribution in [1.82, 2.24) is 0 Å². The van der Waals surface area contributed by atoms with E-state index in [2.05, 4.69) is 35.8 Å². The molecule has 0 saturated heterocycles. The van der Waals surface area contributed by atoms with Gasteiger partial charge < -0.3 is 10.5 Å². The van der Waals surface area contributed by atoms with Crippen LogP contribution in [0.15, 0.2) is 22.7 Å². The summed E-state index contributed by atoms with van der Waals surface area (Å²) < 4.78 is 6.39. The second-order valence-corrected chi connectivity index (χ2v) is 5.09. The molecule has 0 aliphatic heterocycles. The lowest BCUT2D eigenvalue weighted by Gasteiger charge is -2.22. The predicted octanol–water partition coefficient (Wildman–Crippen LogP) is 3.89. The van der Waals surface area contributed by atoms with Crippen molar-refractivity contribution >= 4 is 15.9 Å². The van der Waals surface area contributed by atoms with Crippen molar-refractivity contribution in [2.45, 2.75) is 32.7 Å². The van der Waals surface area contributed by atoms with Crippen LogP contribution in [0.25, 0.3) is 0 Å². The van der Waals surface area contributed by atoms with Gasteiger partial charge in [0, 0.05) is 16.1 Å². The highest BCUT2D eigenvalue weighted by molar-refractivity contribution is 9.10. The van der Waals surface area contributed by atoms with Crippen molar-refractivity contribution in [3.63, 3.8) is 0 Å². The number of methoxy groups -OCH3 is 1. The van der Waals surface area contributed by atoms with Crippen LogP contribution >= 0.6 is 15.9 Å². The minimum atomic E-state index is 0.0346. The van der Waals surface area contributed by atoms with Crippen LogP contribution in [0.2, 0.25) is 0 Å². The quantitative estimate of drug-likeness (QED) is 0.891. The van der Waals surface area contributed by atoms with E-state index < -0.39 is 0 Å². The summed E-state index contributed by atoms with van der Waals surface area (Å²) in [5.41, 5.74) is 7.35. The van der Waals surface area contributed by atoms with Gasteiger partial charge in [0.05, 0.1) is 7.11 Å². The van der Waals surface area contributed by atoms with Crippen LogP contribution in [-0.4, -0.2) is 7.11 Å². The molecule has 0 amide bonds. The molecule has 0 heterocycles. The Balaban J connectivity index is 2.96. The van der Waals surface area contributed by atoms with Crippen LogP contribution in [0.3, 0.4) is 0 Å². The Morgan fingerprint density at radius 1 is 1.44 bits per heavy atom. The standard InChI is InChI=1S/C13H20BrNO/c1-4-5-9(2)13(15)11-8-10(14)6-7-12(11)16-3/h6-9,13H,4-5,15H2,1-3H3. The smallest absolute Gasteiger partial charge is 0.123 e. The van der Waals surface area contributed by atoms with Gasteiger partial charge in [0.2, 0.25) is 0 Å². The van der Waals surface area contributed by atoms with Crippen LogP contribution in [0.1, 0.15) is 38.3 Å². The molecule has 2 unspecified atom stereocenters. The first-order valence-electron chi connectivity index (χ1n) is 5.69. The van der Waals surface area contributed by atoms with Gasteiger partial charge in [0.15, 0.2) is 0 Å². The van der Waals surface area contributed by atoms with Crippen LogP contribution in [0.4, 0.5) is 0 Å². The van der Waals surface area contributed by atoms with E-state index in [-0.39, 0.29) is 6.04 Å². The lowest BCUT2D eigenvalue weighted by atomic mass is 9.91. The van der Waals surface area contributed by atoms with E-state index >= 15 is 0 Å². The average Bonchev–Trinajstić information content (AvgIpc) is 2.28. The van der Waals surface area contributed by atoms with Crippen molar-refractivity contribution in [3.05, 3.63) is 28.2 Å². The number of benzene rings is 1. The van der Waals surface area contributed by atoms with Gasteiger partial charge in [-0.2, -0.15) is 0 Å². The Hall–Kier alpha value is -0.540. The van der Waals surface area contributed by atoms with Gasteiger partial charge in [-0.05, 0) is 30.5 Å². The van der Waals surface area contributed by atoms with Crippen LogP contribution in [0, 0.1) is 5.92 Å². The Bertz CT molecular complexity index is 341. The van der Waals surface area contributed by atoms with E-state index in [0.717, 1.165) is 28.6 Å². The Kier molecular flexibility index (Phi) is 5.29. The fourth-order valence-electron chi connectivity index (χ4n) is 1.91. The summed E-state index contributed by atoms with van der Waals surface area (Å²) in [4.78, 5) is 0. The molecule has 3 heteroatoms. The number of ether oxygens (including phenoxy) is 1. The average molecular weight is 286 g/mol. The molecule has 0 aromatic heterocycles. The van der Waals surface area contributed by atoms with Gasteiger partial charge in [-0.25, -0.2) is 0 Å². The summed E-state index contributed by atoms with van der Waals surface area (Å²) in [7, 11) is 1.68. The fraction of sp³-hybridized carbons (Fsp3) is 0.538. The van der Waals surface area contributed by atoms with Gasteiger partial charge >= 0.3 is 0 Å². The summed E-state index contributed by atoms with van der Waals surface area (Å²) in [6, 6.07) is 6.01. The largest absolute Gasteiger partial charge is 0.496 e. The van der Waals surface area contributed by atoms with Crippen LogP contribution < -0.4 is 10.5 Å². The molecule has 0 radical (unpaired) electrons. The molecular weight excluding hydrogens is 266 g/mol. The summed E-state index contributed by atoms with van der Waals surface area (Å²) >= 11 is 3.47. The molecule has 0 bridgehead atoms. The first-order chi connectivity index (χ1) is 7.60. The van der Waals surface area contributed by atoms with Crippen LogP contribution in [0.5, 0.6) is 5.75 Å². The second-order valence-electron chi connectivity index (χ2n) is 4.18. The number of nitrogens with two attached hydrogens (primary N) is 1. The minimum Gasteiger partial charge on any atom is -0.496 e. The molecule has 2 N–H and O–H groups in total. The van der Waals surface area contributed by atoms with Gasteiger partial charge in [0.1, 0.15) is 5.75 Å². The molecule has 0 aliphatic carbocycles. The number of hydrogen-bond acceptors (Lipinski definition) is 2. The van der Waals surface area contributed by atoms with Crippen molar-refractivity contribution in [2.24, 2.45) is 11.7 Å². The molecule has 16 heavy (non-hydrogen) atoms. The van der Waals surface area contributed by atoms with E-state index in [1.807, 2.05) is 12.1 Å². The van der Waals surface area contributed by atoms with Gasteiger partial charge in [-0.15, -0.1) is 0 Å². The highest BCUT2D eigenvalue weighted by Crippen LogP contribution is 2.32. The number of hydrogen-bond donors (Lipinski definition) is 1. The highest BCUT2D eigenvalue weighted by atomic mass is 79.9. The van der Waals surface area contributed by atoms with Gasteiger partial charge in [0.25, 0.3) is 0 Å². The third kappa shape index (κ3) is 3.22. The lowest BCUT2D eigenvalue weighted by Crippen LogP contribution is -2.19. The Morgan fingerprint density at radius 3 is 2.69 bits per heavy atom. The van der Waals surface area contributed by atoms with E-state index in [4.69, 9.17) is 10.5 Å². The molecule has 1 aromatic rings. The normalized spacial score (nSPS) is 14.6. The molecule has 0 aliphatic rings. The molecule has 2 nitrogen and oxygen atoms in total. The predicted molar refractivity (Wildman–Crippen MR) is 71.7 cm³/mol. The molecule has 90 valence electrons. The van der Waals surface area contributed by atoms with E-state index in [9.17, 15) is 0 Å². The zero-order valence-corrected chi connectivity index (χ0v) is 11.8. The second kappa shape index (κ2) is 6.26. The van der Waals surface area contributed by atoms with Crippen molar-refractivity contribution < 1.29 is 4.74 Å². The van der Waals surface area contributed by atoms with E-state index in [1.165, 1.54) is 0 Å². The molecule has 1 rings (SSSR count). The zero-order chi connectivity index (χ0) is 12.1. The first kappa shape index (κ1) is 13.5. The first-order valence-corrected chi connectivity index (χ1v) is 6.48. The molecule has 0 saturated carbocycles. The fourth-order valence-corrected chi connectivity index (χ4v) is 2.29. The Morgan fingerprint density at radius 2 is 2.12 bits per heavy atom. The molecule has 0 fully saturated rings. The van der Waals surface area contributed by atoms with E-state index in [0.29, 0.717) is 5.92 Å². The maximum Gasteiger partial charge on any atom is 0.123 e. The molecular formula is C13H20BrNO. The third-order valence-electron chi connectivity index (χ3n) is 2.91.